The topological polar surface area (TPSA) is 75.9 Å². The molecule has 0 unspecified atom stereocenters. The predicted octanol–water partition coefficient (Wildman–Crippen LogP) is 2.40. The first-order chi connectivity index (χ1) is 8.69. The Hall–Kier alpha value is -2.11. The normalized spacial score (nSPS) is 14.6. The van der Waals surface area contributed by atoms with Gasteiger partial charge in [-0.25, -0.2) is 4.98 Å². The smallest absolute Gasteiger partial charge is 0.230 e. The number of hydrogen-bond acceptors (Lipinski definition) is 6. The molecule has 0 radical (unpaired) electrons. The molecule has 0 saturated heterocycles. The van der Waals surface area contributed by atoms with Gasteiger partial charge in [0.05, 0.1) is 0 Å². The molecule has 6 heteroatoms. The average Bonchev–Trinajstić information content (AvgIpc) is 3.01. The van der Waals surface area contributed by atoms with Gasteiger partial charge in [0.15, 0.2) is 5.82 Å². The molecule has 2 heterocycles. The van der Waals surface area contributed by atoms with Crippen molar-refractivity contribution in [3.63, 3.8) is 0 Å². The molecule has 6 nitrogen and oxygen atoms in total. The fraction of sp³-hybridized carbons (Fsp3) is 0.417. The molecule has 0 spiro atoms. The summed E-state index contributed by atoms with van der Waals surface area (Å²) < 4.78 is 4.99. The number of hydrogen-bond donors (Lipinski definition) is 2. The van der Waals surface area contributed by atoms with Crippen molar-refractivity contribution in [2.75, 3.05) is 10.6 Å². The highest BCUT2D eigenvalue weighted by Crippen LogP contribution is 2.24. The number of aromatic nitrogens is 3. The van der Waals surface area contributed by atoms with Crippen molar-refractivity contribution in [2.24, 2.45) is 0 Å². The fourth-order valence-electron chi connectivity index (χ4n) is 1.68. The minimum Gasteiger partial charge on any atom is -0.367 e. The summed E-state index contributed by atoms with van der Waals surface area (Å²) in [4.78, 5) is 8.73. The van der Waals surface area contributed by atoms with Crippen LogP contribution in [0.4, 0.5) is 17.6 Å². The van der Waals surface area contributed by atoms with Crippen LogP contribution in [0.1, 0.15) is 24.3 Å². The van der Waals surface area contributed by atoms with E-state index in [2.05, 4.69) is 25.8 Å². The van der Waals surface area contributed by atoms with Gasteiger partial charge in [0, 0.05) is 23.9 Å². The molecule has 1 saturated carbocycles. The lowest BCUT2D eigenvalue weighted by Gasteiger charge is -2.07. The highest BCUT2D eigenvalue weighted by atomic mass is 16.5. The molecular formula is C12H15N5O. The van der Waals surface area contributed by atoms with Crippen LogP contribution in [-0.2, 0) is 0 Å². The van der Waals surface area contributed by atoms with Crippen LogP contribution in [0.3, 0.4) is 0 Å². The monoisotopic (exact) mass is 245 g/mol. The highest BCUT2D eigenvalue weighted by molar-refractivity contribution is 5.51. The van der Waals surface area contributed by atoms with Gasteiger partial charge in [-0.1, -0.05) is 5.16 Å². The zero-order valence-electron chi connectivity index (χ0n) is 10.4. The second-order valence-corrected chi connectivity index (χ2v) is 4.58. The Balaban J connectivity index is 1.79. The summed E-state index contributed by atoms with van der Waals surface area (Å²) in [7, 11) is 0. The van der Waals surface area contributed by atoms with E-state index in [-0.39, 0.29) is 0 Å². The molecule has 0 aliphatic heterocycles. The molecule has 0 bridgehead atoms. The van der Waals surface area contributed by atoms with Crippen LogP contribution in [0.25, 0.3) is 0 Å². The lowest BCUT2D eigenvalue weighted by atomic mass is 10.4. The van der Waals surface area contributed by atoms with Crippen molar-refractivity contribution < 1.29 is 4.52 Å². The first kappa shape index (κ1) is 11.0. The first-order valence-electron chi connectivity index (χ1n) is 6.01. The van der Waals surface area contributed by atoms with Crippen LogP contribution >= 0.6 is 0 Å². The third-order valence-electron chi connectivity index (χ3n) is 2.65. The summed E-state index contributed by atoms with van der Waals surface area (Å²) >= 11 is 0. The van der Waals surface area contributed by atoms with Gasteiger partial charge < -0.3 is 15.2 Å². The van der Waals surface area contributed by atoms with Gasteiger partial charge in [-0.15, -0.1) is 0 Å². The molecule has 0 atom stereocenters. The van der Waals surface area contributed by atoms with Crippen molar-refractivity contribution >= 4 is 17.6 Å². The molecule has 2 aromatic heterocycles. The second-order valence-electron chi connectivity index (χ2n) is 4.58. The minimum absolute atomic E-state index is 0.534. The van der Waals surface area contributed by atoms with Gasteiger partial charge in [-0.2, -0.15) is 4.98 Å². The van der Waals surface area contributed by atoms with Crippen LogP contribution in [0, 0.1) is 13.8 Å². The number of anilines is 3. The minimum atomic E-state index is 0.534. The molecule has 0 aromatic carbocycles. The molecule has 1 aliphatic rings. The Morgan fingerprint density at radius 1 is 1.17 bits per heavy atom. The van der Waals surface area contributed by atoms with E-state index in [1.54, 1.807) is 6.07 Å². The zero-order chi connectivity index (χ0) is 12.5. The van der Waals surface area contributed by atoms with Gasteiger partial charge in [0.25, 0.3) is 0 Å². The summed E-state index contributed by atoms with van der Waals surface area (Å²) in [6.07, 6.45) is 2.43. The standard InChI is InChI=1S/C12H15N5O/c1-7-5-10(14-9-3-4-9)15-12(13-7)16-11-6-8(2)18-17-11/h5-6,9H,3-4H2,1-2H3,(H2,13,14,15,16,17). The summed E-state index contributed by atoms with van der Waals surface area (Å²) in [6, 6.07) is 4.32. The molecule has 2 aromatic rings. The van der Waals surface area contributed by atoms with E-state index in [4.69, 9.17) is 4.52 Å². The van der Waals surface area contributed by atoms with Crippen molar-refractivity contribution in [1.29, 1.82) is 0 Å². The maximum Gasteiger partial charge on any atom is 0.230 e. The van der Waals surface area contributed by atoms with Gasteiger partial charge in [0.1, 0.15) is 11.6 Å². The molecule has 3 rings (SSSR count). The third kappa shape index (κ3) is 2.58. The Morgan fingerprint density at radius 2 is 2.00 bits per heavy atom. The second kappa shape index (κ2) is 4.29. The van der Waals surface area contributed by atoms with Crippen molar-refractivity contribution in [3.05, 3.63) is 23.6 Å². The van der Waals surface area contributed by atoms with Crippen molar-refractivity contribution in [3.8, 4) is 0 Å². The van der Waals surface area contributed by atoms with E-state index >= 15 is 0 Å². The number of rotatable bonds is 4. The molecule has 1 fully saturated rings. The third-order valence-corrected chi connectivity index (χ3v) is 2.65. The quantitative estimate of drug-likeness (QED) is 0.861. The molecule has 1 aliphatic carbocycles. The van der Waals surface area contributed by atoms with Crippen molar-refractivity contribution in [2.45, 2.75) is 32.7 Å². The Labute approximate surface area is 105 Å². The zero-order valence-corrected chi connectivity index (χ0v) is 10.4. The van der Waals surface area contributed by atoms with Gasteiger partial charge in [-0.3, -0.25) is 0 Å². The summed E-state index contributed by atoms with van der Waals surface area (Å²) in [5, 5.41) is 10.2. The van der Waals surface area contributed by atoms with Crippen LogP contribution in [0.5, 0.6) is 0 Å². The molecule has 94 valence electrons. The summed E-state index contributed by atoms with van der Waals surface area (Å²) in [5.41, 5.74) is 0.913. The van der Waals surface area contributed by atoms with E-state index in [0.29, 0.717) is 17.8 Å². The molecular weight excluding hydrogens is 230 g/mol. The maximum atomic E-state index is 4.99. The van der Waals surface area contributed by atoms with E-state index in [1.807, 2.05) is 19.9 Å². The van der Waals surface area contributed by atoms with E-state index in [0.717, 1.165) is 17.3 Å². The van der Waals surface area contributed by atoms with Crippen LogP contribution in [0.15, 0.2) is 16.7 Å². The maximum absolute atomic E-state index is 4.99. The summed E-state index contributed by atoms with van der Waals surface area (Å²) in [6.45, 7) is 3.79. The molecule has 0 amide bonds. The fourth-order valence-corrected chi connectivity index (χ4v) is 1.68. The predicted molar refractivity (Wildman–Crippen MR) is 67.9 cm³/mol. The van der Waals surface area contributed by atoms with E-state index in [9.17, 15) is 0 Å². The molecule has 2 N–H and O–H groups in total. The number of nitrogens with one attached hydrogen (secondary N) is 2. The Bertz CT molecular complexity index is 561. The Morgan fingerprint density at radius 3 is 2.67 bits per heavy atom. The van der Waals surface area contributed by atoms with Gasteiger partial charge in [0.2, 0.25) is 5.95 Å². The highest BCUT2D eigenvalue weighted by Gasteiger charge is 2.21. The number of nitrogens with zero attached hydrogens (tertiary/aromatic N) is 3. The largest absolute Gasteiger partial charge is 0.367 e. The SMILES string of the molecule is Cc1cc(NC2CC2)nc(Nc2cc(C)on2)n1. The van der Waals surface area contributed by atoms with Crippen LogP contribution < -0.4 is 10.6 Å². The van der Waals surface area contributed by atoms with Gasteiger partial charge >= 0.3 is 0 Å². The summed E-state index contributed by atoms with van der Waals surface area (Å²) in [5.74, 6) is 2.76. The molecule has 18 heavy (non-hydrogen) atoms. The van der Waals surface area contributed by atoms with Crippen LogP contribution in [0.2, 0.25) is 0 Å². The lowest BCUT2D eigenvalue weighted by molar-refractivity contribution is 0.400. The average molecular weight is 245 g/mol. The Kier molecular flexibility index (Phi) is 2.62. The van der Waals surface area contributed by atoms with Gasteiger partial charge in [-0.05, 0) is 26.7 Å². The lowest BCUT2D eigenvalue weighted by Crippen LogP contribution is -2.06. The van der Waals surface area contributed by atoms with E-state index < -0.39 is 0 Å². The first-order valence-corrected chi connectivity index (χ1v) is 6.01. The van der Waals surface area contributed by atoms with E-state index in [1.165, 1.54) is 12.8 Å². The van der Waals surface area contributed by atoms with Crippen molar-refractivity contribution in [1.82, 2.24) is 15.1 Å². The number of aryl methyl sites for hydroxylation is 2. The van der Waals surface area contributed by atoms with Crippen LogP contribution in [-0.4, -0.2) is 21.2 Å².